The van der Waals surface area contributed by atoms with Crippen LogP contribution in [0.25, 0.3) is 0 Å². The van der Waals surface area contributed by atoms with E-state index in [2.05, 4.69) is 31.1 Å². The van der Waals surface area contributed by atoms with Crippen molar-refractivity contribution in [2.24, 2.45) is 5.92 Å². The molecular formula is C16H32N2. The van der Waals surface area contributed by atoms with Crippen molar-refractivity contribution in [1.82, 2.24) is 10.2 Å². The second-order valence-corrected chi connectivity index (χ2v) is 6.82. The second kappa shape index (κ2) is 6.91. The van der Waals surface area contributed by atoms with Gasteiger partial charge in [-0.2, -0.15) is 0 Å². The lowest BCUT2D eigenvalue weighted by Crippen LogP contribution is -2.45. The minimum absolute atomic E-state index is 0.732. The molecule has 4 atom stereocenters. The highest BCUT2D eigenvalue weighted by Gasteiger charge is 2.26. The van der Waals surface area contributed by atoms with Gasteiger partial charge in [0, 0.05) is 18.1 Å². The Balaban J connectivity index is 1.77. The van der Waals surface area contributed by atoms with Gasteiger partial charge in [-0.3, -0.25) is 0 Å². The first-order valence-electron chi connectivity index (χ1n) is 8.12. The molecule has 1 heterocycles. The summed E-state index contributed by atoms with van der Waals surface area (Å²) in [6.45, 7) is 6.09. The largest absolute Gasteiger partial charge is 0.314 e. The average Bonchev–Trinajstić information content (AvgIpc) is 2.39. The predicted octanol–water partition coefficient (Wildman–Crippen LogP) is 3.42. The Morgan fingerprint density at radius 3 is 2.67 bits per heavy atom. The zero-order valence-electron chi connectivity index (χ0n) is 12.6. The fourth-order valence-electron chi connectivity index (χ4n) is 3.84. The SMILES string of the molecule is CC1CCCC(N(C)C(C)CC2CCCCN2)C1. The van der Waals surface area contributed by atoms with E-state index in [1.54, 1.807) is 0 Å². The van der Waals surface area contributed by atoms with Gasteiger partial charge in [-0.15, -0.1) is 0 Å². The highest BCUT2D eigenvalue weighted by Crippen LogP contribution is 2.28. The molecule has 0 aromatic heterocycles. The van der Waals surface area contributed by atoms with Crippen molar-refractivity contribution >= 4 is 0 Å². The van der Waals surface area contributed by atoms with Crippen LogP contribution >= 0.6 is 0 Å². The highest BCUT2D eigenvalue weighted by molar-refractivity contribution is 4.83. The Labute approximate surface area is 114 Å². The van der Waals surface area contributed by atoms with E-state index in [-0.39, 0.29) is 0 Å². The number of hydrogen-bond acceptors (Lipinski definition) is 2. The molecule has 2 nitrogen and oxygen atoms in total. The molecule has 1 aliphatic heterocycles. The Hall–Kier alpha value is -0.0800. The molecule has 0 radical (unpaired) electrons. The molecule has 0 aromatic rings. The smallest absolute Gasteiger partial charge is 0.00975 e. The summed E-state index contributed by atoms with van der Waals surface area (Å²) in [5.74, 6) is 0.936. The van der Waals surface area contributed by atoms with E-state index in [1.165, 1.54) is 57.9 Å². The van der Waals surface area contributed by atoms with Gasteiger partial charge in [-0.05, 0) is 58.5 Å². The van der Waals surface area contributed by atoms with Crippen LogP contribution in [0, 0.1) is 5.92 Å². The van der Waals surface area contributed by atoms with Gasteiger partial charge >= 0.3 is 0 Å². The van der Waals surface area contributed by atoms with Crippen LogP contribution in [0.4, 0.5) is 0 Å². The summed E-state index contributed by atoms with van der Waals surface area (Å²) in [6.07, 6.45) is 11.2. The van der Waals surface area contributed by atoms with Crippen LogP contribution in [0.5, 0.6) is 0 Å². The summed E-state index contributed by atoms with van der Waals surface area (Å²) in [6, 6.07) is 2.35. The molecule has 2 aliphatic rings. The fourth-order valence-corrected chi connectivity index (χ4v) is 3.84. The molecule has 0 aromatic carbocycles. The van der Waals surface area contributed by atoms with E-state index < -0.39 is 0 Å². The topological polar surface area (TPSA) is 15.3 Å². The van der Waals surface area contributed by atoms with Crippen LogP contribution in [0.1, 0.15) is 65.2 Å². The second-order valence-electron chi connectivity index (χ2n) is 6.82. The van der Waals surface area contributed by atoms with Crippen molar-refractivity contribution in [2.45, 2.75) is 83.3 Å². The van der Waals surface area contributed by atoms with Crippen LogP contribution in [0.3, 0.4) is 0 Å². The minimum atomic E-state index is 0.732. The summed E-state index contributed by atoms with van der Waals surface area (Å²) in [7, 11) is 2.36. The molecule has 0 amide bonds. The van der Waals surface area contributed by atoms with E-state index in [1.807, 2.05) is 0 Å². The number of rotatable bonds is 4. The first-order valence-corrected chi connectivity index (χ1v) is 8.12. The summed E-state index contributed by atoms with van der Waals surface area (Å²) in [5.41, 5.74) is 0. The van der Waals surface area contributed by atoms with Gasteiger partial charge in [-0.25, -0.2) is 0 Å². The molecule has 0 bridgehead atoms. The van der Waals surface area contributed by atoms with Crippen LogP contribution < -0.4 is 5.32 Å². The molecule has 106 valence electrons. The number of hydrogen-bond donors (Lipinski definition) is 1. The lowest BCUT2D eigenvalue weighted by molar-refractivity contribution is 0.112. The summed E-state index contributed by atoms with van der Waals surface area (Å²) in [4.78, 5) is 2.67. The maximum atomic E-state index is 3.69. The average molecular weight is 252 g/mol. The molecule has 18 heavy (non-hydrogen) atoms. The van der Waals surface area contributed by atoms with E-state index >= 15 is 0 Å². The third-order valence-corrected chi connectivity index (χ3v) is 5.22. The number of nitrogens with one attached hydrogen (secondary N) is 1. The molecule has 1 saturated carbocycles. The van der Waals surface area contributed by atoms with Gasteiger partial charge < -0.3 is 10.2 Å². The predicted molar refractivity (Wildman–Crippen MR) is 78.9 cm³/mol. The Morgan fingerprint density at radius 1 is 1.17 bits per heavy atom. The van der Waals surface area contributed by atoms with Crippen LogP contribution in [-0.4, -0.2) is 36.6 Å². The van der Waals surface area contributed by atoms with E-state index in [9.17, 15) is 0 Å². The number of piperidine rings is 1. The van der Waals surface area contributed by atoms with E-state index in [0.717, 1.165) is 24.0 Å². The third kappa shape index (κ3) is 3.96. The summed E-state index contributed by atoms with van der Waals surface area (Å²) >= 11 is 0. The van der Waals surface area contributed by atoms with Crippen molar-refractivity contribution in [2.75, 3.05) is 13.6 Å². The molecule has 1 aliphatic carbocycles. The fraction of sp³-hybridized carbons (Fsp3) is 1.00. The summed E-state index contributed by atoms with van der Waals surface area (Å²) in [5, 5.41) is 3.69. The highest BCUT2D eigenvalue weighted by atomic mass is 15.2. The third-order valence-electron chi connectivity index (χ3n) is 5.22. The van der Waals surface area contributed by atoms with Gasteiger partial charge in [0.1, 0.15) is 0 Å². The van der Waals surface area contributed by atoms with E-state index in [0.29, 0.717) is 0 Å². The van der Waals surface area contributed by atoms with Crippen molar-refractivity contribution < 1.29 is 0 Å². The summed E-state index contributed by atoms with van der Waals surface area (Å²) < 4.78 is 0. The van der Waals surface area contributed by atoms with Crippen LogP contribution in [-0.2, 0) is 0 Å². The number of nitrogens with zero attached hydrogens (tertiary/aromatic N) is 1. The van der Waals surface area contributed by atoms with Crippen molar-refractivity contribution in [3.8, 4) is 0 Å². The monoisotopic (exact) mass is 252 g/mol. The van der Waals surface area contributed by atoms with Crippen LogP contribution in [0.2, 0.25) is 0 Å². The molecule has 0 spiro atoms. The molecule has 2 rings (SSSR count). The first-order chi connectivity index (χ1) is 8.66. The Morgan fingerprint density at radius 2 is 2.00 bits per heavy atom. The zero-order valence-corrected chi connectivity index (χ0v) is 12.6. The zero-order chi connectivity index (χ0) is 13.0. The maximum Gasteiger partial charge on any atom is 0.00975 e. The molecular weight excluding hydrogens is 220 g/mol. The first kappa shape index (κ1) is 14.3. The van der Waals surface area contributed by atoms with Gasteiger partial charge in [0.15, 0.2) is 0 Å². The van der Waals surface area contributed by atoms with Crippen molar-refractivity contribution in [1.29, 1.82) is 0 Å². The molecule has 1 N–H and O–H groups in total. The Bertz CT molecular complexity index is 235. The van der Waals surface area contributed by atoms with Gasteiger partial charge in [0.05, 0.1) is 0 Å². The lowest BCUT2D eigenvalue weighted by Gasteiger charge is -2.39. The molecule has 1 saturated heterocycles. The quantitative estimate of drug-likeness (QED) is 0.825. The Kier molecular flexibility index (Phi) is 5.50. The molecule has 2 fully saturated rings. The van der Waals surface area contributed by atoms with Crippen molar-refractivity contribution in [3.05, 3.63) is 0 Å². The van der Waals surface area contributed by atoms with Gasteiger partial charge in [0.25, 0.3) is 0 Å². The van der Waals surface area contributed by atoms with Crippen LogP contribution in [0.15, 0.2) is 0 Å². The standard InChI is InChI=1S/C16H32N2/c1-13-7-6-9-16(11-13)18(3)14(2)12-15-8-4-5-10-17-15/h13-17H,4-12H2,1-3H3. The normalized spacial score (nSPS) is 35.7. The lowest BCUT2D eigenvalue weighted by atomic mass is 9.85. The van der Waals surface area contributed by atoms with Crippen molar-refractivity contribution in [3.63, 3.8) is 0 Å². The van der Waals surface area contributed by atoms with E-state index in [4.69, 9.17) is 0 Å². The molecule has 4 unspecified atom stereocenters. The van der Waals surface area contributed by atoms with Gasteiger partial charge in [-0.1, -0.05) is 26.2 Å². The maximum absolute atomic E-state index is 3.69. The van der Waals surface area contributed by atoms with Gasteiger partial charge in [0.2, 0.25) is 0 Å². The molecule has 2 heteroatoms. The minimum Gasteiger partial charge on any atom is -0.314 e.